The molecule has 1 amide bonds. The molecule has 1 aromatic carbocycles. The van der Waals surface area contributed by atoms with Crippen LogP contribution in [-0.2, 0) is 0 Å². The molecule has 1 unspecified atom stereocenters. The summed E-state index contributed by atoms with van der Waals surface area (Å²) in [5.41, 5.74) is 8.18. The van der Waals surface area contributed by atoms with Crippen molar-refractivity contribution in [2.45, 2.75) is 13.1 Å². The van der Waals surface area contributed by atoms with E-state index in [4.69, 9.17) is 10.5 Å². The normalized spacial score (nSPS) is 18.8. The number of nitrogens with zero attached hydrogens (tertiary/aromatic N) is 2. The van der Waals surface area contributed by atoms with Crippen LogP contribution in [0.15, 0.2) is 57.9 Å². The van der Waals surface area contributed by atoms with E-state index in [9.17, 15) is 4.79 Å². The fourth-order valence-electron chi connectivity index (χ4n) is 2.20. The van der Waals surface area contributed by atoms with Crippen LogP contribution in [0.5, 0.6) is 5.75 Å². The number of fused-ring (bicyclic) bond motifs is 1. The van der Waals surface area contributed by atoms with Gasteiger partial charge in [0.25, 0.3) is 0 Å². The van der Waals surface area contributed by atoms with Crippen molar-refractivity contribution in [2.75, 3.05) is 6.54 Å². The Morgan fingerprint density at radius 3 is 2.87 bits per heavy atom. The number of hydrogen-bond acceptors (Lipinski definition) is 6. The van der Waals surface area contributed by atoms with Gasteiger partial charge in [0.2, 0.25) is 0 Å². The largest absolute Gasteiger partial charge is 0.412 e. The first kappa shape index (κ1) is 14.8. The Labute approximate surface area is 133 Å². The molecule has 4 N–H and O–H groups in total. The van der Waals surface area contributed by atoms with Gasteiger partial charge >= 0.3 is 6.09 Å². The van der Waals surface area contributed by atoms with Crippen LogP contribution in [0.2, 0.25) is 0 Å². The lowest BCUT2D eigenvalue weighted by atomic mass is 10.1. The minimum absolute atomic E-state index is 0.272. The van der Waals surface area contributed by atoms with Gasteiger partial charge in [-0.1, -0.05) is 0 Å². The molecule has 2 heterocycles. The molecular formula is C16H17N5O2. The average molecular weight is 311 g/mol. The molecule has 2 aliphatic heterocycles. The first-order valence-corrected chi connectivity index (χ1v) is 7.27. The van der Waals surface area contributed by atoms with Gasteiger partial charge in [0.1, 0.15) is 5.75 Å². The molecule has 0 fully saturated rings. The maximum Gasteiger partial charge on any atom is 0.412 e. The Bertz CT molecular complexity index is 731. The number of nitrogens with two attached hydrogens (primary N) is 1. The van der Waals surface area contributed by atoms with Crippen molar-refractivity contribution in [1.29, 1.82) is 0 Å². The average Bonchev–Trinajstić information content (AvgIpc) is 2.55. The predicted octanol–water partition coefficient (Wildman–Crippen LogP) is 1.28. The Morgan fingerprint density at radius 1 is 1.35 bits per heavy atom. The Hall–Kier alpha value is -3.09. The first-order chi connectivity index (χ1) is 11.2. The topological polar surface area (TPSA) is 101 Å². The van der Waals surface area contributed by atoms with Gasteiger partial charge in [-0.3, -0.25) is 9.98 Å². The summed E-state index contributed by atoms with van der Waals surface area (Å²) in [4.78, 5) is 20.4. The highest BCUT2D eigenvalue weighted by Gasteiger charge is 2.20. The van der Waals surface area contributed by atoms with Crippen LogP contribution >= 0.6 is 0 Å². The lowest BCUT2D eigenvalue weighted by Crippen LogP contribution is -2.36. The van der Waals surface area contributed by atoms with E-state index in [0.717, 1.165) is 17.0 Å². The number of aliphatic imine (C=N–C) groups is 2. The molecule has 7 heteroatoms. The molecule has 0 saturated carbocycles. The van der Waals surface area contributed by atoms with Crippen LogP contribution in [0.4, 0.5) is 4.79 Å². The van der Waals surface area contributed by atoms with Crippen molar-refractivity contribution in [3.05, 3.63) is 53.5 Å². The molecule has 0 spiro atoms. The second kappa shape index (κ2) is 6.35. The van der Waals surface area contributed by atoms with Crippen molar-refractivity contribution in [1.82, 2.24) is 10.6 Å². The zero-order chi connectivity index (χ0) is 16.2. The van der Waals surface area contributed by atoms with Gasteiger partial charge in [0, 0.05) is 12.1 Å². The van der Waals surface area contributed by atoms with Crippen LogP contribution in [0.3, 0.4) is 0 Å². The SMILES string of the molecule is CCNC(=O)Oc1ccc(C2=NC3NC(N)=CC=C3N=C2)cc1. The lowest BCUT2D eigenvalue weighted by Gasteiger charge is -2.23. The summed E-state index contributed by atoms with van der Waals surface area (Å²) in [6.07, 6.45) is 4.57. The molecular weight excluding hydrogens is 294 g/mol. The van der Waals surface area contributed by atoms with Gasteiger partial charge in [0.05, 0.1) is 23.4 Å². The van der Waals surface area contributed by atoms with Crippen LogP contribution in [0.25, 0.3) is 0 Å². The second-order valence-electron chi connectivity index (χ2n) is 4.98. The molecule has 1 aromatic rings. The molecule has 0 aliphatic carbocycles. The van der Waals surface area contributed by atoms with Gasteiger partial charge in [-0.05, 0) is 43.3 Å². The number of benzene rings is 1. The summed E-state index contributed by atoms with van der Waals surface area (Å²) >= 11 is 0. The minimum Gasteiger partial charge on any atom is -0.410 e. The molecule has 0 bridgehead atoms. The molecule has 7 nitrogen and oxygen atoms in total. The molecule has 118 valence electrons. The first-order valence-electron chi connectivity index (χ1n) is 7.27. The van der Waals surface area contributed by atoms with E-state index in [2.05, 4.69) is 20.6 Å². The number of allylic oxidation sites excluding steroid dienone is 2. The highest BCUT2D eigenvalue weighted by molar-refractivity contribution is 6.38. The fraction of sp³-hybridized carbons (Fsp3) is 0.188. The van der Waals surface area contributed by atoms with Crippen LogP contribution in [0, 0.1) is 0 Å². The molecule has 0 radical (unpaired) electrons. The minimum atomic E-state index is -0.472. The third-order valence-corrected chi connectivity index (χ3v) is 3.30. The number of carbonyl (C=O) groups is 1. The zero-order valence-corrected chi connectivity index (χ0v) is 12.6. The van der Waals surface area contributed by atoms with Crippen LogP contribution < -0.4 is 21.1 Å². The maximum absolute atomic E-state index is 11.4. The number of ether oxygens (including phenoxy) is 1. The summed E-state index contributed by atoms with van der Waals surface area (Å²) in [6, 6.07) is 7.09. The number of nitrogens with one attached hydrogen (secondary N) is 2. The third kappa shape index (κ3) is 3.39. The number of dihydropyridines is 1. The van der Waals surface area contributed by atoms with Crippen molar-refractivity contribution in [2.24, 2.45) is 15.7 Å². The van der Waals surface area contributed by atoms with Gasteiger partial charge < -0.3 is 21.1 Å². The van der Waals surface area contributed by atoms with E-state index < -0.39 is 6.09 Å². The highest BCUT2D eigenvalue weighted by Crippen LogP contribution is 2.19. The third-order valence-electron chi connectivity index (χ3n) is 3.30. The Balaban J connectivity index is 1.73. The summed E-state index contributed by atoms with van der Waals surface area (Å²) in [6.45, 7) is 2.35. The van der Waals surface area contributed by atoms with E-state index >= 15 is 0 Å². The molecule has 23 heavy (non-hydrogen) atoms. The number of rotatable bonds is 3. The quantitative estimate of drug-likeness (QED) is 0.782. The molecule has 0 aromatic heterocycles. The second-order valence-corrected chi connectivity index (χ2v) is 4.98. The number of hydrogen-bond donors (Lipinski definition) is 3. The van der Waals surface area contributed by atoms with Crippen LogP contribution in [-0.4, -0.2) is 30.7 Å². The smallest absolute Gasteiger partial charge is 0.410 e. The van der Waals surface area contributed by atoms with Crippen molar-refractivity contribution < 1.29 is 9.53 Å². The number of carbonyl (C=O) groups excluding carboxylic acids is 1. The molecule has 0 saturated heterocycles. The van der Waals surface area contributed by atoms with Crippen molar-refractivity contribution >= 4 is 18.0 Å². The van der Waals surface area contributed by atoms with Gasteiger partial charge in [-0.2, -0.15) is 0 Å². The Morgan fingerprint density at radius 2 is 2.13 bits per heavy atom. The lowest BCUT2D eigenvalue weighted by molar-refractivity contribution is 0.201. The van der Waals surface area contributed by atoms with Gasteiger partial charge in [-0.15, -0.1) is 0 Å². The fourth-order valence-corrected chi connectivity index (χ4v) is 2.20. The summed E-state index contributed by atoms with van der Waals surface area (Å²) < 4.78 is 5.13. The van der Waals surface area contributed by atoms with Gasteiger partial charge in [0.15, 0.2) is 6.17 Å². The van der Waals surface area contributed by atoms with Crippen molar-refractivity contribution in [3.8, 4) is 5.75 Å². The zero-order valence-electron chi connectivity index (χ0n) is 12.6. The maximum atomic E-state index is 11.4. The molecule has 1 atom stereocenters. The van der Waals surface area contributed by atoms with E-state index in [1.54, 1.807) is 24.4 Å². The van der Waals surface area contributed by atoms with Crippen molar-refractivity contribution in [3.63, 3.8) is 0 Å². The summed E-state index contributed by atoms with van der Waals surface area (Å²) in [5, 5.41) is 5.63. The molecule has 2 aliphatic rings. The predicted molar refractivity (Wildman–Crippen MR) is 88.4 cm³/mol. The van der Waals surface area contributed by atoms with E-state index in [0.29, 0.717) is 18.1 Å². The standard InChI is InChI=1S/C16H17N5O2/c1-2-18-16(22)23-11-5-3-10(4-6-11)13-9-19-12-7-8-14(17)21-15(12)20-13/h3-9,15,21H,2,17H2,1H3,(H,18,22). The van der Waals surface area contributed by atoms with Crippen LogP contribution in [0.1, 0.15) is 12.5 Å². The molecule has 3 rings (SSSR count). The summed E-state index contributed by atoms with van der Waals surface area (Å²) in [5.74, 6) is 1.03. The van der Waals surface area contributed by atoms with Gasteiger partial charge in [-0.25, -0.2) is 4.79 Å². The van der Waals surface area contributed by atoms with E-state index in [1.807, 2.05) is 25.1 Å². The Kier molecular flexibility index (Phi) is 4.09. The van der Waals surface area contributed by atoms with E-state index in [-0.39, 0.29) is 6.17 Å². The highest BCUT2D eigenvalue weighted by atomic mass is 16.5. The number of amides is 1. The van der Waals surface area contributed by atoms with E-state index in [1.165, 1.54) is 0 Å². The monoisotopic (exact) mass is 311 g/mol. The summed E-state index contributed by atoms with van der Waals surface area (Å²) in [7, 11) is 0.